The highest BCUT2D eigenvalue weighted by atomic mass is 16.2. The van der Waals surface area contributed by atoms with Crippen LogP contribution >= 0.6 is 0 Å². The highest BCUT2D eigenvalue weighted by Gasteiger charge is 2.39. The molecule has 114 valence electrons. The van der Waals surface area contributed by atoms with Gasteiger partial charge in [-0.2, -0.15) is 0 Å². The summed E-state index contributed by atoms with van der Waals surface area (Å²) < 4.78 is 0. The van der Waals surface area contributed by atoms with Crippen molar-refractivity contribution in [2.24, 2.45) is 5.41 Å². The first kappa shape index (κ1) is 14.2. The minimum absolute atomic E-state index is 0.106. The van der Waals surface area contributed by atoms with Gasteiger partial charge < -0.3 is 15.5 Å². The van der Waals surface area contributed by atoms with Gasteiger partial charge in [-0.15, -0.1) is 0 Å². The minimum atomic E-state index is -0.106. The lowest BCUT2D eigenvalue weighted by molar-refractivity contribution is -0.141. The van der Waals surface area contributed by atoms with E-state index in [2.05, 4.69) is 16.8 Å². The van der Waals surface area contributed by atoms with Gasteiger partial charge >= 0.3 is 0 Å². The molecule has 2 N–H and O–H groups in total. The molecule has 2 aliphatic rings. The topological polar surface area (TPSA) is 62.5 Å². The van der Waals surface area contributed by atoms with E-state index in [0.29, 0.717) is 11.7 Å². The Labute approximate surface area is 126 Å². The van der Waals surface area contributed by atoms with E-state index >= 15 is 0 Å². The molecule has 3 rings (SSSR count). The zero-order valence-corrected chi connectivity index (χ0v) is 12.7. The first-order chi connectivity index (χ1) is 10.1. The second kappa shape index (κ2) is 5.54. The molecule has 1 saturated carbocycles. The van der Waals surface area contributed by atoms with Crippen LogP contribution in [0.4, 0.5) is 11.5 Å². The Morgan fingerprint density at radius 1 is 1.19 bits per heavy atom. The van der Waals surface area contributed by atoms with Crippen LogP contribution < -0.4 is 10.6 Å². The predicted octanol–water partition coefficient (Wildman–Crippen LogP) is 1.89. The number of hydrogen-bond donors (Lipinski definition) is 1. The lowest BCUT2D eigenvalue weighted by Crippen LogP contribution is -2.52. The summed E-state index contributed by atoms with van der Waals surface area (Å²) in [5.41, 5.74) is 6.60. The van der Waals surface area contributed by atoms with E-state index in [4.69, 9.17) is 5.73 Å². The normalized spacial score (nSPS) is 21.6. The predicted molar refractivity (Wildman–Crippen MR) is 84.0 cm³/mol. The Hall–Kier alpha value is -1.78. The van der Waals surface area contributed by atoms with Crippen LogP contribution in [0.2, 0.25) is 0 Å². The van der Waals surface area contributed by atoms with Gasteiger partial charge in [0.05, 0.1) is 11.9 Å². The van der Waals surface area contributed by atoms with Crippen molar-refractivity contribution < 1.29 is 4.79 Å². The fourth-order valence-electron chi connectivity index (χ4n) is 3.50. The van der Waals surface area contributed by atoms with E-state index in [1.54, 1.807) is 0 Å². The molecule has 1 aromatic rings. The maximum atomic E-state index is 12.7. The lowest BCUT2D eigenvalue weighted by atomic mass is 9.87. The number of nitrogen functional groups attached to an aromatic ring is 1. The quantitative estimate of drug-likeness (QED) is 0.902. The average molecular weight is 288 g/mol. The van der Waals surface area contributed by atoms with Crippen LogP contribution in [0, 0.1) is 5.41 Å². The number of nitrogens with two attached hydrogens (primary N) is 1. The summed E-state index contributed by atoms with van der Waals surface area (Å²) in [5.74, 6) is 0.900. The molecule has 1 saturated heterocycles. The number of piperazine rings is 1. The van der Waals surface area contributed by atoms with Crippen molar-refractivity contribution in [3.8, 4) is 0 Å². The fraction of sp³-hybridized carbons (Fsp3) is 0.625. The molecule has 0 spiro atoms. The van der Waals surface area contributed by atoms with Gasteiger partial charge in [-0.3, -0.25) is 4.79 Å². The summed E-state index contributed by atoms with van der Waals surface area (Å²) in [7, 11) is 0. The molecule has 1 aromatic heterocycles. The van der Waals surface area contributed by atoms with Gasteiger partial charge in [-0.1, -0.05) is 19.8 Å². The second-order valence-electron chi connectivity index (χ2n) is 6.49. The third-order valence-electron chi connectivity index (χ3n) is 4.93. The van der Waals surface area contributed by atoms with E-state index in [1.807, 2.05) is 23.2 Å². The molecule has 2 heterocycles. The number of anilines is 2. The molecule has 0 radical (unpaired) electrons. The van der Waals surface area contributed by atoms with Crippen LogP contribution in [-0.2, 0) is 4.79 Å². The average Bonchev–Trinajstić information content (AvgIpc) is 2.96. The molecule has 0 bridgehead atoms. The van der Waals surface area contributed by atoms with Crippen molar-refractivity contribution in [3.05, 3.63) is 18.3 Å². The molecule has 0 atom stereocenters. The molecule has 1 aliphatic heterocycles. The molecule has 0 aromatic carbocycles. The molecule has 1 aliphatic carbocycles. The van der Waals surface area contributed by atoms with Crippen molar-refractivity contribution in [1.82, 2.24) is 9.88 Å². The second-order valence-corrected chi connectivity index (χ2v) is 6.49. The summed E-state index contributed by atoms with van der Waals surface area (Å²) in [6, 6.07) is 3.82. The SMILES string of the molecule is CC1(C(=O)N2CCN(c3ccc(N)nc3)CC2)CCCC1. The van der Waals surface area contributed by atoms with E-state index in [-0.39, 0.29) is 5.41 Å². The van der Waals surface area contributed by atoms with Crippen molar-refractivity contribution in [2.75, 3.05) is 36.8 Å². The smallest absolute Gasteiger partial charge is 0.228 e. The van der Waals surface area contributed by atoms with E-state index < -0.39 is 0 Å². The Bertz CT molecular complexity index is 500. The third-order valence-corrected chi connectivity index (χ3v) is 4.93. The molecule has 0 unspecified atom stereocenters. The minimum Gasteiger partial charge on any atom is -0.384 e. The summed E-state index contributed by atoms with van der Waals surface area (Å²) in [4.78, 5) is 21.1. The van der Waals surface area contributed by atoms with Gasteiger partial charge in [0.25, 0.3) is 0 Å². The maximum absolute atomic E-state index is 12.7. The number of rotatable bonds is 2. The molecule has 1 amide bonds. The van der Waals surface area contributed by atoms with Gasteiger partial charge in [-0.05, 0) is 25.0 Å². The highest BCUT2D eigenvalue weighted by Crippen LogP contribution is 2.39. The fourth-order valence-corrected chi connectivity index (χ4v) is 3.50. The molecular formula is C16H24N4O. The monoisotopic (exact) mass is 288 g/mol. The van der Waals surface area contributed by atoms with Gasteiger partial charge in [0.1, 0.15) is 5.82 Å². The molecular weight excluding hydrogens is 264 g/mol. The zero-order valence-electron chi connectivity index (χ0n) is 12.7. The van der Waals surface area contributed by atoms with Gasteiger partial charge in [-0.25, -0.2) is 4.98 Å². The Morgan fingerprint density at radius 2 is 1.86 bits per heavy atom. The zero-order chi connectivity index (χ0) is 14.9. The van der Waals surface area contributed by atoms with Crippen LogP contribution in [0.3, 0.4) is 0 Å². The molecule has 21 heavy (non-hydrogen) atoms. The number of carbonyl (C=O) groups is 1. The largest absolute Gasteiger partial charge is 0.384 e. The van der Waals surface area contributed by atoms with Gasteiger partial charge in [0.15, 0.2) is 0 Å². The summed E-state index contributed by atoms with van der Waals surface area (Å²) in [6.07, 6.45) is 6.30. The van der Waals surface area contributed by atoms with Gasteiger partial charge in [0.2, 0.25) is 5.91 Å². The number of amides is 1. The molecule has 5 heteroatoms. The van der Waals surface area contributed by atoms with Crippen LogP contribution in [0.25, 0.3) is 0 Å². The van der Waals surface area contributed by atoms with Crippen LogP contribution in [0.5, 0.6) is 0 Å². The van der Waals surface area contributed by atoms with Crippen LogP contribution in [-0.4, -0.2) is 42.0 Å². The van der Waals surface area contributed by atoms with Crippen LogP contribution in [0.1, 0.15) is 32.6 Å². The first-order valence-corrected chi connectivity index (χ1v) is 7.84. The number of nitrogens with zero attached hydrogens (tertiary/aromatic N) is 3. The van der Waals surface area contributed by atoms with Crippen molar-refractivity contribution in [1.29, 1.82) is 0 Å². The van der Waals surface area contributed by atoms with Crippen LogP contribution in [0.15, 0.2) is 18.3 Å². The van der Waals surface area contributed by atoms with Crippen molar-refractivity contribution >= 4 is 17.4 Å². The van der Waals surface area contributed by atoms with Crippen molar-refractivity contribution in [3.63, 3.8) is 0 Å². The number of aromatic nitrogens is 1. The van der Waals surface area contributed by atoms with E-state index in [1.165, 1.54) is 12.8 Å². The Kier molecular flexibility index (Phi) is 3.74. The lowest BCUT2D eigenvalue weighted by Gasteiger charge is -2.39. The van der Waals surface area contributed by atoms with E-state index in [9.17, 15) is 4.79 Å². The van der Waals surface area contributed by atoms with Crippen molar-refractivity contribution in [2.45, 2.75) is 32.6 Å². The van der Waals surface area contributed by atoms with E-state index in [0.717, 1.165) is 44.7 Å². The Morgan fingerprint density at radius 3 is 2.43 bits per heavy atom. The Balaban J connectivity index is 1.60. The first-order valence-electron chi connectivity index (χ1n) is 7.84. The van der Waals surface area contributed by atoms with Gasteiger partial charge in [0, 0.05) is 31.6 Å². The number of carbonyl (C=O) groups excluding carboxylic acids is 1. The summed E-state index contributed by atoms with van der Waals surface area (Å²) in [5, 5.41) is 0. The summed E-state index contributed by atoms with van der Waals surface area (Å²) >= 11 is 0. The maximum Gasteiger partial charge on any atom is 0.228 e. The third kappa shape index (κ3) is 2.82. The standard InChI is InChI=1S/C16H24N4O/c1-16(6-2-3-7-16)15(21)20-10-8-19(9-11-20)13-4-5-14(17)18-12-13/h4-5,12H,2-3,6-11H2,1H3,(H2,17,18). The molecule has 5 nitrogen and oxygen atoms in total. The summed E-state index contributed by atoms with van der Waals surface area (Å²) in [6.45, 7) is 5.48. The number of hydrogen-bond acceptors (Lipinski definition) is 4. The molecule has 2 fully saturated rings. The highest BCUT2D eigenvalue weighted by molar-refractivity contribution is 5.83. The number of pyridine rings is 1.